The summed E-state index contributed by atoms with van der Waals surface area (Å²) in [4.78, 5) is 27.5. The van der Waals surface area contributed by atoms with Crippen molar-refractivity contribution in [3.63, 3.8) is 0 Å². The van der Waals surface area contributed by atoms with E-state index in [-0.39, 0.29) is 16.9 Å². The molecule has 7 heteroatoms. The van der Waals surface area contributed by atoms with Crippen molar-refractivity contribution in [1.82, 2.24) is 19.9 Å². The van der Waals surface area contributed by atoms with E-state index in [2.05, 4.69) is 30.8 Å². The van der Waals surface area contributed by atoms with Crippen LogP contribution in [0.25, 0.3) is 11.0 Å². The predicted octanol–water partition coefficient (Wildman–Crippen LogP) is 2.40. The van der Waals surface area contributed by atoms with Crippen LogP contribution >= 0.6 is 0 Å². The summed E-state index contributed by atoms with van der Waals surface area (Å²) in [6.45, 7) is 7.51. The zero-order valence-electron chi connectivity index (χ0n) is 15.5. The molecule has 1 aliphatic heterocycles. The minimum atomic E-state index is -0.389. The maximum Gasteiger partial charge on any atom is 0.269 e. The third-order valence-corrected chi connectivity index (χ3v) is 5.04. The van der Waals surface area contributed by atoms with Crippen LogP contribution in [0, 0.1) is 19.7 Å². The highest BCUT2D eigenvalue weighted by Gasteiger charge is 2.20. The van der Waals surface area contributed by atoms with Crippen molar-refractivity contribution >= 4 is 16.9 Å². The summed E-state index contributed by atoms with van der Waals surface area (Å²) in [6, 6.07) is 7.63. The SMILES string of the molecule is Cc1ccc(N2CCN(Cc3ccc4nc(C)c(=O)[nH]c4c3F)CC2)nc1. The lowest BCUT2D eigenvalue weighted by Gasteiger charge is -2.35. The molecule has 3 aromatic rings. The number of aromatic nitrogens is 3. The largest absolute Gasteiger partial charge is 0.354 e. The van der Waals surface area contributed by atoms with Crippen molar-refractivity contribution in [3.05, 3.63) is 63.5 Å². The Labute approximate surface area is 156 Å². The summed E-state index contributed by atoms with van der Waals surface area (Å²) in [7, 11) is 0. The predicted molar refractivity (Wildman–Crippen MR) is 104 cm³/mol. The molecule has 0 atom stereocenters. The molecule has 0 bridgehead atoms. The number of halogens is 1. The molecule has 3 heterocycles. The highest BCUT2D eigenvalue weighted by molar-refractivity contribution is 5.75. The van der Waals surface area contributed by atoms with Gasteiger partial charge in [0.2, 0.25) is 0 Å². The van der Waals surface area contributed by atoms with Crippen LogP contribution < -0.4 is 10.5 Å². The zero-order valence-corrected chi connectivity index (χ0v) is 15.5. The maximum atomic E-state index is 14.9. The molecule has 1 fully saturated rings. The number of aryl methyl sites for hydroxylation is 2. The van der Waals surface area contributed by atoms with Gasteiger partial charge in [0.25, 0.3) is 5.56 Å². The number of pyridine rings is 1. The molecule has 1 N–H and O–H groups in total. The lowest BCUT2D eigenvalue weighted by molar-refractivity contribution is 0.246. The Kier molecular flexibility index (Phi) is 4.61. The van der Waals surface area contributed by atoms with Gasteiger partial charge < -0.3 is 9.88 Å². The molecule has 1 aromatic carbocycles. The number of aromatic amines is 1. The van der Waals surface area contributed by atoms with Crippen molar-refractivity contribution in [1.29, 1.82) is 0 Å². The van der Waals surface area contributed by atoms with Crippen molar-refractivity contribution in [2.45, 2.75) is 20.4 Å². The zero-order chi connectivity index (χ0) is 19.0. The average Bonchev–Trinajstić information content (AvgIpc) is 2.67. The number of benzene rings is 1. The first-order chi connectivity index (χ1) is 13.0. The third-order valence-electron chi connectivity index (χ3n) is 5.04. The maximum absolute atomic E-state index is 14.9. The van der Waals surface area contributed by atoms with Crippen LogP contribution in [0.15, 0.2) is 35.3 Å². The van der Waals surface area contributed by atoms with Gasteiger partial charge in [0.15, 0.2) is 5.82 Å². The molecule has 0 spiro atoms. The molecule has 140 valence electrons. The lowest BCUT2D eigenvalue weighted by atomic mass is 10.1. The van der Waals surface area contributed by atoms with Crippen molar-refractivity contribution in [2.75, 3.05) is 31.1 Å². The summed E-state index contributed by atoms with van der Waals surface area (Å²) in [5.41, 5.74) is 2.38. The second-order valence-corrected chi connectivity index (χ2v) is 7.04. The molecule has 1 saturated heterocycles. The molecule has 4 rings (SSSR count). The number of H-pyrrole nitrogens is 1. The fourth-order valence-corrected chi connectivity index (χ4v) is 3.40. The number of piperazine rings is 1. The second-order valence-electron chi connectivity index (χ2n) is 7.04. The molecule has 0 aliphatic carbocycles. The third kappa shape index (κ3) is 3.55. The summed E-state index contributed by atoms with van der Waals surface area (Å²) in [5.74, 6) is 0.593. The fourth-order valence-electron chi connectivity index (χ4n) is 3.40. The monoisotopic (exact) mass is 367 g/mol. The fraction of sp³-hybridized carbons (Fsp3) is 0.350. The Morgan fingerprint density at radius 2 is 1.89 bits per heavy atom. The lowest BCUT2D eigenvalue weighted by Crippen LogP contribution is -2.46. The highest BCUT2D eigenvalue weighted by Crippen LogP contribution is 2.20. The van der Waals surface area contributed by atoms with Gasteiger partial charge in [-0.25, -0.2) is 14.4 Å². The van der Waals surface area contributed by atoms with Gasteiger partial charge in [-0.2, -0.15) is 0 Å². The first-order valence-electron chi connectivity index (χ1n) is 9.09. The van der Waals surface area contributed by atoms with Gasteiger partial charge in [-0.1, -0.05) is 12.1 Å². The normalized spacial score (nSPS) is 15.4. The molecule has 2 aromatic heterocycles. The number of rotatable bonds is 3. The van der Waals surface area contributed by atoms with Crippen LogP contribution in [0.2, 0.25) is 0 Å². The number of fused-ring (bicyclic) bond motifs is 1. The second kappa shape index (κ2) is 7.08. The van der Waals surface area contributed by atoms with Gasteiger partial charge in [-0.15, -0.1) is 0 Å². The number of nitrogens with one attached hydrogen (secondary N) is 1. The average molecular weight is 367 g/mol. The summed E-state index contributed by atoms with van der Waals surface area (Å²) in [6.07, 6.45) is 1.88. The van der Waals surface area contributed by atoms with Gasteiger partial charge in [-0.3, -0.25) is 9.69 Å². The van der Waals surface area contributed by atoms with E-state index in [0.717, 1.165) is 37.6 Å². The smallest absolute Gasteiger partial charge is 0.269 e. The minimum absolute atomic E-state index is 0.186. The van der Waals surface area contributed by atoms with E-state index in [9.17, 15) is 9.18 Å². The van der Waals surface area contributed by atoms with Crippen LogP contribution in [0.4, 0.5) is 10.2 Å². The van der Waals surface area contributed by atoms with Crippen LogP contribution in [0.1, 0.15) is 16.8 Å². The molecule has 0 amide bonds. The number of hydrogen-bond acceptors (Lipinski definition) is 5. The minimum Gasteiger partial charge on any atom is -0.354 e. The van der Waals surface area contributed by atoms with E-state index in [1.54, 1.807) is 19.1 Å². The first kappa shape index (κ1) is 17.6. The van der Waals surface area contributed by atoms with E-state index < -0.39 is 0 Å². The number of hydrogen-bond donors (Lipinski definition) is 1. The Balaban J connectivity index is 1.47. The van der Waals surface area contributed by atoms with Gasteiger partial charge in [0.05, 0.1) is 5.52 Å². The summed E-state index contributed by atoms with van der Waals surface area (Å²) < 4.78 is 14.9. The molecule has 27 heavy (non-hydrogen) atoms. The highest BCUT2D eigenvalue weighted by atomic mass is 19.1. The quantitative estimate of drug-likeness (QED) is 0.770. The molecule has 0 saturated carbocycles. The van der Waals surface area contributed by atoms with E-state index in [1.807, 2.05) is 19.2 Å². The molecular weight excluding hydrogens is 345 g/mol. The van der Waals surface area contributed by atoms with E-state index in [4.69, 9.17) is 0 Å². The van der Waals surface area contributed by atoms with Gasteiger partial charge in [-0.05, 0) is 31.5 Å². The Morgan fingerprint density at radius 3 is 2.59 bits per heavy atom. The van der Waals surface area contributed by atoms with E-state index in [1.165, 1.54) is 0 Å². The molecular formula is C20H22FN5O. The number of anilines is 1. The summed E-state index contributed by atoms with van der Waals surface area (Å²) >= 11 is 0. The van der Waals surface area contributed by atoms with Gasteiger partial charge >= 0.3 is 0 Å². The van der Waals surface area contributed by atoms with E-state index >= 15 is 0 Å². The molecule has 1 aliphatic rings. The van der Waals surface area contributed by atoms with Crippen molar-refractivity contribution < 1.29 is 4.39 Å². The molecule has 0 radical (unpaired) electrons. The Morgan fingerprint density at radius 1 is 1.11 bits per heavy atom. The Bertz CT molecular complexity index is 1020. The summed E-state index contributed by atoms with van der Waals surface area (Å²) in [5, 5.41) is 0. The standard InChI is InChI=1S/C20H22FN5O/c1-13-3-6-17(22-11-13)26-9-7-25(8-10-26)12-15-4-5-16-19(18(15)21)24-20(27)14(2)23-16/h3-6,11H,7-10,12H2,1-2H3,(H,24,27). The van der Waals surface area contributed by atoms with Crippen LogP contribution in [0.3, 0.4) is 0 Å². The molecule has 6 nitrogen and oxygen atoms in total. The van der Waals surface area contributed by atoms with Gasteiger partial charge in [0.1, 0.15) is 17.0 Å². The Hall–Kier alpha value is -2.80. The number of nitrogens with zero attached hydrogens (tertiary/aromatic N) is 4. The first-order valence-corrected chi connectivity index (χ1v) is 9.09. The van der Waals surface area contributed by atoms with Gasteiger partial charge in [0, 0.05) is 44.5 Å². The van der Waals surface area contributed by atoms with Crippen LogP contribution in [-0.4, -0.2) is 46.0 Å². The topological polar surface area (TPSA) is 65.1 Å². The molecule has 0 unspecified atom stereocenters. The van der Waals surface area contributed by atoms with Crippen molar-refractivity contribution in [2.24, 2.45) is 0 Å². The van der Waals surface area contributed by atoms with Crippen molar-refractivity contribution in [3.8, 4) is 0 Å². The van der Waals surface area contributed by atoms with Crippen LogP contribution in [-0.2, 0) is 6.54 Å². The van der Waals surface area contributed by atoms with E-state index in [0.29, 0.717) is 23.3 Å². The van der Waals surface area contributed by atoms with Crippen LogP contribution in [0.5, 0.6) is 0 Å².